The van der Waals surface area contributed by atoms with E-state index in [4.69, 9.17) is 0 Å². The Morgan fingerprint density at radius 2 is 2.35 bits per heavy atom. The van der Waals surface area contributed by atoms with Crippen LogP contribution in [0.4, 0.5) is 10.1 Å². The molecule has 2 heterocycles. The molecule has 0 fully saturated rings. The molecule has 3 rings (SSSR count). The Morgan fingerprint density at radius 1 is 1.50 bits per heavy atom. The zero-order valence-corrected chi connectivity index (χ0v) is 11.0. The number of hydrogen-bond acceptors (Lipinski definition) is 3. The summed E-state index contributed by atoms with van der Waals surface area (Å²) in [6.45, 7) is 2.36. The lowest BCUT2D eigenvalue weighted by molar-refractivity contribution is -0.118. The Balaban J connectivity index is 1.71. The summed E-state index contributed by atoms with van der Waals surface area (Å²) in [5.41, 5.74) is 2.90. The third kappa shape index (κ3) is 2.42. The Morgan fingerprint density at radius 3 is 3.15 bits per heavy atom. The normalized spacial score (nSPS) is 17.6. The van der Waals surface area contributed by atoms with Gasteiger partial charge in [0, 0.05) is 13.0 Å². The number of nitrogens with one attached hydrogen (secondary N) is 3. The highest BCUT2D eigenvalue weighted by atomic mass is 19.1. The first kappa shape index (κ1) is 12.8. The molecule has 0 spiro atoms. The highest BCUT2D eigenvalue weighted by Crippen LogP contribution is 2.17. The first-order chi connectivity index (χ1) is 9.63. The second-order valence-corrected chi connectivity index (χ2v) is 4.94. The zero-order chi connectivity index (χ0) is 14.1. The number of H-pyrrole nitrogens is 1. The van der Waals surface area contributed by atoms with Crippen LogP contribution < -0.4 is 10.6 Å². The van der Waals surface area contributed by atoms with E-state index in [2.05, 4.69) is 20.6 Å². The van der Waals surface area contributed by atoms with Crippen molar-refractivity contribution in [2.45, 2.75) is 25.9 Å². The summed E-state index contributed by atoms with van der Waals surface area (Å²) in [5, 5.41) is 5.72. The van der Waals surface area contributed by atoms with E-state index in [1.165, 1.54) is 6.07 Å². The van der Waals surface area contributed by atoms with Gasteiger partial charge in [0.15, 0.2) is 0 Å². The van der Waals surface area contributed by atoms with Crippen LogP contribution in [0.25, 0.3) is 0 Å². The summed E-state index contributed by atoms with van der Waals surface area (Å²) in [6.07, 6.45) is 2.12. The largest absolute Gasteiger partial charge is 0.347 e. The first-order valence-corrected chi connectivity index (χ1v) is 6.45. The maximum atomic E-state index is 13.7. The van der Waals surface area contributed by atoms with E-state index in [0.29, 0.717) is 13.0 Å². The average Bonchev–Trinajstić information content (AvgIpc) is 2.89. The van der Waals surface area contributed by atoms with Gasteiger partial charge in [-0.2, -0.15) is 0 Å². The first-order valence-electron chi connectivity index (χ1n) is 6.45. The minimum Gasteiger partial charge on any atom is -0.347 e. The van der Waals surface area contributed by atoms with Crippen molar-refractivity contribution in [3.8, 4) is 0 Å². The van der Waals surface area contributed by atoms with Crippen LogP contribution in [0.1, 0.15) is 17.0 Å². The van der Waals surface area contributed by atoms with Crippen molar-refractivity contribution in [2.75, 3.05) is 5.32 Å². The maximum Gasteiger partial charge on any atom is 0.242 e. The molecule has 0 saturated carbocycles. The van der Waals surface area contributed by atoms with Crippen molar-refractivity contribution in [1.82, 2.24) is 15.3 Å². The summed E-state index contributed by atoms with van der Waals surface area (Å²) in [6, 6.07) is 4.34. The summed E-state index contributed by atoms with van der Waals surface area (Å²) >= 11 is 0. The number of fused-ring (bicyclic) bond motifs is 1. The van der Waals surface area contributed by atoms with Crippen molar-refractivity contribution in [1.29, 1.82) is 0 Å². The lowest BCUT2D eigenvalue weighted by Gasteiger charge is -2.22. The van der Waals surface area contributed by atoms with Crippen molar-refractivity contribution in [3.63, 3.8) is 0 Å². The van der Waals surface area contributed by atoms with Gasteiger partial charge < -0.3 is 10.3 Å². The van der Waals surface area contributed by atoms with E-state index >= 15 is 0 Å². The fourth-order valence-electron chi connectivity index (χ4n) is 2.30. The average molecular weight is 274 g/mol. The fourth-order valence-corrected chi connectivity index (χ4v) is 2.30. The highest BCUT2D eigenvalue weighted by Gasteiger charge is 2.26. The molecule has 1 amide bonds. The Kier molecular flexibility index (Phi) is 3.23. The van der Waals surface area contributed by atoms with Gasteiger partial charge in [-0.3, -0.25) is 10.1 Å². The predicted octanol–water partition coefficient (Wildman–Crippen LogP) is 1.51. The number of amides is 1. The fraction of sp³-hybridized carbons (Fsp3) is 0.286. The number of benzene rings is 1. The number of aromatic amines is 1. The minimum atomic E-state index is -0.422. The van der Waals surface area contributed by atoms with E-state index in [9.17, 15) is 9.18 Å². The number of carbonyl (C=O) groups is 1. The number of halogens is 1. The Bertz CT molecular complexity index is 652. The van der Waals surface area contributed by atoms with E-state index in [-0.39, 0.29) is 11.6 Å². The molecule has 0 aliphatic carbocycles. The van der Waals surface area contributed by atoms with Crippen LogP contribution in [-0.4, -0.2) is 21.9 Å². The van der Waals surface area contributed by atoms with Gasteiger partial charge in [0.05, 0.1) is 29.4 Å². The second-order valence-electron chi connectivity index (χ2n) is 4.94. The van der Waals surface area contributed by atoms with Gasteiger partial charge in [0.25, 0.3) is 0 Å². The third-order valence-corrected chi connectivity index (χ3v) is 3.43. The summed E-state index contributed by atoms with van der Waals surface area (Å²) in [5.74, 6) is -0.670. The summed E-state index contributed by atoms with van der Waals surface area (Å²) in [7, 11) is 0. The van der Waals surface area contributed by atoms with Crippen LogP contribution in [0.5, 0.6) is 0 Å². The third-order valence-electron chi connectivity index (χ3n) is 3.43. The molecule has 104 valence electrons. The molecule has 6 heteroatoms. The molecule has 1 unspecified atom stereocenters. The van der Waals surface area contributed by atoms with Gasteiger partial charge >= 0.3 is 0 Å². The molecule has 1 atom stereocenters. The standard InChI is InChI=1S/C14H15FN4O/c1-8-2-3-10(9(15)4-8)19-14(20)12-5-11-13(6-16-12)18-7-17-11/h2-4,7,12,16H,5-6H2,1H3,(H,17,18)(H,19,20). The van der Waals surface area contributed by atoms with E-state index in [1.54, 1.807) is 25.4 Å². The molecule has 20 heavy (non-hydrogen) atoms. The van der Waals surface area contributed by atoms with Crippen molar-refractivity contribution in [2.24, 2.45) is 0 Å². The minimum absolute atomic E-state index is 0.204. The van der Waals surface area contributed by atoms with Crippen LogP contribution >= 0.6 is 0 Å². The number of aromatic nitrogens is 2. The molecule has 1 aromatic carbocycles. The molecule has 0 saturated heterocycles. The summed E-state index contributed by atoms with van der Waals surface area (Å²) < 4.78 is 13.7. The van der Waals surface area contributed by atoms with Gasteiger partial charge in [-0.1, -0.05) is 6.07 Å². The number of anilines is 1. The predicted molar refractivity (Wildman–Crippen MR) is 72.7 cm³/mol. The topological polar surface area (TPSA) is 69.8 Å². The molecule has 1 aliphatic heterocycles. The van der Waals surface area contributed by atoms with Crippen LogP contribution in [0, 0.1) is 12.7 Å². The smallest absolute Gasteiger partial charge is 0.242 e. The molecular weight excluding hydrogens is 259 g/mol. The quantitative estimate of drug-likeness (QED) is 0.777. The van der Waals surface area contributed by atoms with Gasteiger partial charge in [-0.25, -0.2) is 9.37 Å². The molecular formula is C14H15FN4O. The van der Waals surface area contributed by atoms with Crippen LogP contribution in [0.2, 0.25) is 0 Å². The zero-order valence-electron chi connectivity index (χ0n) is 11.0. The van der Waals surface area contributed by atoms with Gasteiger partial charge in [0.2, 0.25) is 5.91 Å². The highest BCUT2D eigenvalue weighted by molar-refractivity contribution is 5.95. The molecule has 0 bridgehead atoms. The lowest BCUT2D eigenvalue weighted by atomic mass is 10.0. The number of carbonyl (C=O) groups excluding carboxylic acids is 1. The number of rotatable bonds is 2. The maximum absolute atomic E-state index is 13.7. The van der Waals surface area contributed by atoms with E-state index < -0.39 is 11.9 Å². The molecule has 1 aromatic heterocycles. The molecule has 0 radical (unpaired) electrons. The SMILES string of the molecule is Cc1ccc(NC(=O)C2Cc3nc[nH]c3CN2)c(F)c1. The van der Waals surface area contributed by atoms with Crippen molar-refractivity contribution < 1.29 is 9.18 Å². The number of nitrogens with zero attached hydrogens (tertiary/aromatic N) is 1. The number of aryl methyl sites for hydroxylation is 1. The van der Waals surface area contributed by atoms with Crippen LogP contribution in [0.3, 0.4) is 0 Å². The van der Waals surface area contributed by atoms with Crippen LogP contribution in [-0.2, 0) is 17.8 Å². The molecule has 1 aliphatic rings. The van der Waals surface area contributed by atoms with E-state index in [1.807, 2.05) is 0 Å². The number of hydrogen-bond donors (Lipinski definition) is 3. The van der Waals surface area contributed by atoms with Gasteiger partial charge in [0.1, 0.15) is 5.82 Å². The van der Waals surface area contributed by atoms with Crippen LogP contribution in [0.15, 0.2) is 24.5 Å². The summed E-state index contributed by atoms with van der Waals surface area (Å²) in [4.78, 5) is 19.4. The van der Waals surface area contributed by atoms with Crippen molar-refractivity contribution in [3.05, 3.63) is 47.3 Å². The Labute approximate surface area is 115 Å². The van der Waals surface area contributed by atoms with E-state index in [0.717, 1.165) is 17.0 Å². The monoisotopic (exact) mass is 274 g/mol. The Hall–Kier alpha value is -2.21. The van der Waals surface area contributed by atoms with Crippen molar-refractivity contribution >= 4 is 11.6 Å². The van der Waals surface area contributed by atoms with Gasteiger partial charge in [-0.05, 0) is 24.6 Å². The lowest BCUT2D eigenvalue weighted by Crippen LogP contribution is -2.44. The second kappa shape index (κ2) is 5.05. The molecule has 3 N–H and O–H groups in total. The molecule has 2 aromatic rings. The van der Waals surface area contributed by atoms with Gasteiger partial charge in [-0.15, -0.1) is 0 Å². The molecule has 5 nitrogen and oxygen atoms in total. The number of imidazole rings is 1.